The predicted molar refractivity (Wildman–Crippen MR) is 120 cm³/mol. The van der Waals surface area contributed by atoms with Crippen molar-refractivity contribution >= 4 is 28.6 Å². The molecule has 1 heterocycles. The Balaban J connectivity index is 1.63. The maximum absolute atomic E-state index is 12.7. The Bertz CT molecular complexity index is 945. The highest BCUT2D eigenvalue weighted by Crippen LogP contribution is 2.23. The summed E-state index contributed by atoms with van der Waals surface area (Å²) in [7, 11) is 0. The van der Waals surface area contributed by atoms with E-state index < -0.39 is 0 Å². The molecule has 1 aromatic heterocycles. The van der Waals surface area contributed by atoms with Gasteiger partial charge in [0.1, 0.15) is 22.2 Å². The second kappa shape index (κ2) is 9.56. The van der Waals surface area contributed by atoms with Gasteiger partial charge in [-0.1, -0.05) is 17.7 Å². The highest BCUT2D eigenvalue weighted by atomic mass is 32.1. The molecule has 3 aromatic rings. The van der Waals surface area contributed by atoms with Gasteiger partial charge in [-0.2, -0.15) is 0 Å². The van der Waals surface area contributed by atoms with Crippen LogP contribution in [0.2, 0.25) is 0 Å². The number of anilines is 2. The normalized spacial score (nSPS) is 10.6. The number of aromatic nitrogens is 1. The highest BCUT2D eigenvalue weighted by Gasteiger charge is 2.16. The third-order valence-electron chi connectivity index (χ3n) is 4.68. The van der Waals surface area contributed by atoms with Crippen LogP contribution >= 0.6 is 11.3 Å². The minimum Gasteiger partial charge on any atom is -0.486 e. The number of amides is 1. The zero-order valence-corrected chi connectivity index (χ0v) is 18.2. The number of carbonyl (C=O) groups excluding carboxylic acids is 1. The quantitative estimate of drug-likeness (QED) is 0.538. The third kappa shape index (κ3) is 5.35. The van der Waals surface area contributed by atoms with Crippen molar-refractivity contribution in [3.63, 3.8) is 0 Å². The van der Waals surface area contributed by atoms with E-state index in [9.17, 15) is 4.79 Å². The summed E-state index contributed by atoms with van der Waals surface area (Å²) in [5.41, 5.74) is 3.83. The van der Waals surface area contributed by atoms with Crippen molar-refractivity contribution in [2.75, 3.05) is 23.3 Å². The number of carbonyl (C=O) groups is 1. The summed E-state index contributed by atoms with van der Waals surface area (Å²) >= 11 is 1.37. The molecule has 0 radical (unpaired) electrons. The minimum atomic E-state index is -0.142. The maximum atomic E-state index is 12.7. The Kier molecular flexibility index (Phi) is 6.88. The molecule has 0 saturated heterocycles. The molecule has 0 atom stereocenters. The molecule has 0 unspecified atom stereocenters. The number of rotatable bonds is 8. The van der Waals surface area contributed by atoms with E-state index in [0.29, 0.717) is 11.5 Å². The number of nitrogens with one attached hydrogen (secondary N) is 1. The van der Waals surface area contributed by atoms with Gasteiger partial charge >= 0.3 is 0 Å². The predicted octanol–water partition coefficient (Wildman–Crippen LogP) is 5.44. The lowest BCUT2D eigenvalue weighted by Crippen LogP contribution is -2.21. The van der Waals surface area contributed by atoms with Crippen LogP contribution in [0.5, 0.6) is 5.75 Å². The standard InChI is InChI=1S/C23H27N3O2S/c1-5-26(6-2)19-11-9-18(10-12-19)25-23(27)22-17(4)24-21(29-22)15-28-20-13-7-16(3)8-14-20/h7-14H,5-6,15H2,1-4H3,(H,25,27). The third-order valence-corrected chi connectivity index (χ3v) is 5.81. The number of ether oxygens (including phenoxy) is 1. The second-order valence-corrected chi connectivity index (χ2v) is 7.88. The molecule has 0 bridgehead atoms. The van der Waals surface area contributed by atoms with Crippen molar-refractivity contribution < 1.29 is 9.53 Å². The van der Waals surface area contributed by atoms with Gasteiger partial charge in [0.25, 0.3) is 5.91 Å². The lowest BCUT2D eigenvalue weighted by atomic mass is 10.2. The first-order valence-corrected chi connectivity index (χ1v) is 10.6. The number of benzene rings is 2. The van der Waals surface area contributed by atoms with Gasteiger partial charge in [-0.25, -0.2) is 4.98 Å². The molecule has 0 fully saturated rings. The zero-order chi connectivity index (χ0) is 20.8. The molecule has 29 heavy (non-hydrogen) atoms. The summed E-state index contributed by atoms with van der Waals surface area (Å²) in [6, 6.07) is 15.8. The fourth-order valence-electron chi connectivity index (χ4n) is 3.04. The van der Waals surface area contributed by atoms with Crippen LogP contribution < -0.4 is 15.0 Å². The minimum absolute atomic E-state index is 0.142. The molecular weight excluding hydrogens is 382 g/mol. The fraction of sp³-hybridized carbons (Fsp3) is 0.304. The Labute approximate surface area is 176 Å². The average molecular weight is 410 g/mol. The van der Waals surface area contributed by atoms with Crippen LogP contribution in [-0.2, 0) is 6.61 Å². The lowest BCUT2D eigenvalue weighted by molar-refractivity contribution is 0.103. The van der Waals surface area contributed by atoms with Gasteiger partial charge in [-0.3, -0.25) is 4.79 Å². The average Bonchev–Trinajstić information content (AvgIpc) is 3.10. The molecule has 0 aliphatic rings. The molecule has 3 rings (SSSR count). The maximum Gasteiger partial charge on any atom is 0.267 e. The van der Waals surface area contributed by atoms with Crippen LogP contribution in [0.1, 0.15) is 39.8 Å². The van der Waals surface area contributed by atoms with Gasteiger partial charge in [0.15, 0.2) is 0 Å². The number of thiazole rings is 1. The lowest BCUT2D eigenvalue weighted by Gasteiger charge is -2.21. The molecule has 6 heteroatoms. The molecule has 5 nitrogen and oxygen atoms in total. The summed E-state index contributed by atoms with van der Waals surface area (Å²) in [6.45, 7) is 10.4. The van der Waals surface area contributed by atoms with Crippen LogP contribution in [0.25, 0.3) is 0 Å². The van der Waals surface area contributed by atoms with Crippen LogP contribution in [0.15, 0.2) is 48.5 Å². The van der Waals surface area contributed by atoms with Crippen molar-refractivity contribution in [2.45, 2.75) is 34.3 Å². The monoisotopic (exact) mass is 409 g/mol. The molecule has 1 amide bonds. The van der Waals surface area contributed by atoms with Gasteiger partial charge in [-0.05, 0) is 64.1 Å². The van der Waals surface area contributed by atoms with Crippen molar-refractivity contribution in [1.82, 2.24) is 4.98 Å². The molecule has 0 aliphatic heterocycles. The Hall–Kier alpha value is -2.86. The Morgan fingerprint density at radius 3 is 2.31 bits per heavy atom. The van der Waals surface area contributed by atoms with Crippen LogP contribution in [0, 0.1) is 13.8 Å². The Morgan fingerprint density at radius 1 is 1.03 bits per heavy atom. The summed E-state index contributed by atoms with van der Waals surface area (Å²) in [6.07, 6.45) is 0. The molecule has 1 N–H and O–H groups in total. The first-order chi connectivity index (χ1) is 14.0. The van der Waals surface area contributed by atoms with E-state index in [-0.39, 0.29) is 5.91 Å². The molecule has 0 aliphatic carbocycles. The van der Waals surface area contributed by atoms with E-state index in [1.165, 1.54) is 16.9 Å². The summed E-state index contributed by atoms with van der Waals surface area (Å²) < 4.78 is 5.78. The van der Waals surface area contributed by atoms with Gasteiger partial charge in [0, 0.05) is 24.5 Å². The SMILES string of the molecule is CCN(CC)c1ccc(NC(=O)c2sc(COc3ccc(C)cc3)nc2C)cc1. The summed E-state index contributed by atoms with van der Waals surface area (Å²) in [5.74, 6) is 0.653. The molecule has 152 valence electrons. The molecule has 2 aromatic carbocycles. The highest BCUT2D eigenvalue weighted by molar-refractivity contribution is 7.13. The van der Waals surface area contributed by atoms with E-state index in [1.54, 1.807) is 0 Å². The van der Waals surface area contributed by atoms with E-state index in [4.69, 9.17) is 4.74 Å². The number of nitrogens with zero attached hydrogens (tertiary/aromatic N) is 2. The van der Waals surface area contributed by atoms with Gasteiger partial charge in [0.2, 0.25) is 0 Å². The van der Waals surface area contributed by atoms with E-state index in [1.807, 2.05) is 62.4 Å². The summed E-state index contributed by atoms with van der Waals surface area (Å²) in [4.78, 5) is 20.1. The summed E-state index contributed by atoms with van der Waals surface area (Å²) in [5, 5.41) is 3.75. The molecule has 0 saturated carbocycles. The van der Waals surface area contributed by atoms with Crippen molar-refractivity contribution in [2.24, 2.45) is 0 Å². The first kappa shape index (κ1) is 20.9. The number of aryl methyl sites for hydroxylation is 2. The smallest absolute Gasteiger partial charge is 0.267 e. The number of hydrogen-bond acceptors (Lipinski definition) is 5. The van der Waals surface area contributed by atoms with Gasteiger partial charge < -0.3 is 15.0 Å². The first-order valence-electron chi connectivity index (χ1n) is 9.82. The van der Waals surface area contributed by atoms with Crippen LogP contribution in [0.4, 0.5) is 11.4 Å². The molecule has 0 spiro atoms. The second-order valence-electron chi connectivity index (χ2n) is 6.80. The van der Waals surface area contributed by atoms with E-state index in [2.05, 4.69) is 29.0 Å². The van der Waals surface area contributed by atoms with Gasteiger partial charge in [0.05, 0.1) is 5.69 Å². The van der Waals surface area contributed by atoms with Crippen LogP contribution in [-0.4, -0.2) is 24.0 Å². The topological polar surface area (TPSA) is 54.5 Å². The molecular formula is C23H27N3O2S. The van der Waals surface area contributed by atoms with E-state index in [0.717, 1.165) is 40.9 Å². The van der Waals surface area contributed by atoms with Crippen molar-refractivity contribution in [3.05, 3.63) is 69.7 Å². The van der Waals surface area contributed by atoms with Crippen molar-refractivity contribution in [3.8, 4) is 5.75 Å². The van der Waals surface area contributed by atoms with Gasteiger partial charge in [-0.15, -0.1) is 11.3 Å². The largest absolute Gasteiger partial charge is 0.486 e. The zero-order valence-electron chi connectivity index (χ0n) is 17.4. The van der Waals surface area contributed by atoms with Crippen molar-refractivity contribution in [1.29, 1.82) is 0 Å². The van der Waals surface area contributed by atoms with Crippen LogP contribution in [0.3, 0.4) is 0 Å². The number of hydrogen-bond donors (Lipinski definition) is 1. The Morgan fingerprint density at radius 2 is 1.69 bits per heavy atom. The fourth-order valence-corrected chi connectivity index (χ4v) is 3.91. The van der Waals surface area contributed by atoms with E-state index >= 15 is 0 Å².